The predicted molar refractivity (Wildman–Crippen MR) is 122 cm³/mol. The van der Waals surface area contributed by atoms with E-state index in [2.05, 4.69) is 15.1 Å². The minimum atomic E-state index is -0.208. The molecule has 1 fully saturated rings. The second kappa shape index (κ2) is 10.7. The first-order chi connectivity index (χ1) is 15.6. The van der Waals surface area contributed by atoms with E-state index in [0.717, 1.165) is 19.6 Å². The Morgan fingerprint density at radius 3 is 2.66 bits per heavy atom. The first-order valence-corrected chi connectivity index (χ1v) is 11.3. The van der Waals surface area contributed by atoms with E-state index in [1.807, 2.05) is 0 Å². The average molecular weight is 459 g/mol. The lowest BCUT2D eigenvalue weighted by atomic mass is 10.1. The quantitative estimate of drug-likeness (QED) is 0.383. The third-order valence-electron chi connectivity index (χ3n) is 5.42. The Labute approximate surface area is 191 Å². The Morgan fingerprint density at radius 1 is 1.03 bits per heavy atom. The van der Waals surface area contributed by atoms with Crippen LogP contribution in [0.4, 0.5) is 0 Å². The lowest BCUT2D eigenvalue weighted by Gasteiger charge is -2.25. The summed E-state index contributed by atoms with van der Waals surface area (Å²) in [7, 11) is 0. The fourth-order valence-electron chi connectivity index (χ4n) is 3.71. The third-order valence-corrected chi connectivity index (χ3v) is 5.65. The maximum Gasteiger partial charge on any atom is 0.305 e. The molecule has 0 aliphatic carbocycles. The molecule has 4 rings (SSSR count). The number of aromatic hydroxyl groups is 1. The van der Waals surface area contributed by atoms with E-state index in [1.54, 1.807) is 30.3 Å². The Bertz CT molecular complexity index is 1070. The maximum absolute atomic E-state index is 11.9. The molecule has 0 amide bonds. The highest BCUT2D eigenvalue weighted by Gasteiger charge is 2.12. The van der Waals surface area contributed by atoms with E-state index in [4.69, 9.17) is 21.1 Å². The molecule has 0 saturated carbocycles. The number of carbonyl (C=O) groups is 1. The van der Waals surface area contributed by atoms with Gasteiger partial charge in [0.05, 0.1) is 6.61 Å². The van der Waals surface area contributed by atoms with E-state index in [1.165, 1.54) is 30.1 Å². The fourth-order valence-corrected chi connectivity index (χ4v) is 3.87. The maximum atomic E-state index is 11.9. The van der Waals surface area contributed by atoms with Crippen molar-refractivity contribution in [3.05, 3.63) is 41.4 Å². The average Bonchev–Trinajstić information content (AvgIpc) is 3.20. The number of phenolic OH excluding ortho intramolecular Hbond substituents is 1. The summed E-state index contributed by atoms with van der Waals surface area (Å²) >= 11 is 5.99. The molecule has 0 spiro atoms. The third kappa shape index (κ3) is 5.89. The van der Waals surface area contributed by atoms with Gasteiger partial charge in [0.25, 0.3) is 0 Å². The van der Waals surface area contributed by atoms with Crippen LogP contribution in [0.1, 0.15) is 32.1 Å². The summed E-state index contributed by atoms with van der Waals surface area (Å²) in [6.45, 7) is 3.79. The predicted octanol–water partition coefficient (Wildman–Crippen LogP) is 3.97. The van der Waals surface area contributed by atoms with E-state index in [0.29, 0.717) is 53.5 Å². The molecule has 0 atom stereocenters. The summed E-state index contributed by atoms with van der Waals surface area (Å²) in [4.78, 5) is 15.6. The van der Waals surface area contributed by atoms with E-state index in [9.17, 15) is 9.90 Å². The normalized spacial score (nSPS) is 14.5. The number of halogens is 1. The number of benzene rings is 2. The largest absolute Gasteiger partial charge is 0.505 e. The van der Waals surface area contributed by atoms with Crippen molar-refractivity contribution in [1.29, 1.82) is 0 Å². The fraction of sp³-hybridized carbons (Fsp3) is 0.435. The molecule has 0 unspecified atom stereocenters. The van der Waals surface area contributed by atoms with Crippen LogP contribution in [0.2, 0.25) is 5.02 Å². The first kappa shape index (κ1) is 22.4. The van der Waals surface area contributed by atoms with Gasteiger partial charge in [0.2, 0.25) is 0 Å². The molecule has 1 N–H and O–H groups in total. The number of hydrogen-bond acceptors (Lipinski definition) is 7. The number of nitrogens with zero attached hydrogens (tertiary/aromatic N) is 4. The molecular weight excluding hydrogens is 432 g/mol. The van der Waals surface area contributed by atoms with Gasteiger partial charge in [-0.15, -0.1) is 15.0 Å². The zero-order valence-corrected chi connectivity index (χ0v) is 18.6. The van der Waals surface area contributed by atoms with Crippen molar-refractivity contribution in [2.45, 2.75) is 32.1 Å². The van der Waals surface area contributed by atoms with Crippen LogP contribution < -0.4 is 4.74 Å². The van der Waals surface area contributed by atoms with Gasteiger partial charge in [-0.1, -0.05) is 18.0 Å². The number of esters is 1. The topological polar surface area (TPSA) is 89.7 Å². The SMILES string of the molecule is O=C(CCCOc1ccc(-n2nc3ccc(Cl)cc3n2)c(O)c1)OCCN1CCCCC1. The summed E-state index contributed by atoms with van der Waals surface area (Å²) in [5, 5.41) is 19.7. The van der Waals surface area contributed by atoms with Gasteiger partial charge in [-0.3, -0.25) is 9.69 Å². The number of fused-ring (bicyclic) bond motifs is 1. The van der Waals surface area contributed by atoms with Gasteiger partial charge >= 0.3 is 5.97 Å². The van der Waals surface area contributed by atoms with Crippen LogP contribution in [0.15, 0.2) is 36.4 Å². The number of rotatable bonds is 9. The van der Waals surface area contributed by atoms with Gasteiger partial charge in [-0.2, -0.15) is 0 Å². The standard InChI is InChI=1S/C23H27ClN4O4/c24-17-6-8-19-20(15-17)26-28(25-19)21-9-7-18(16-22(21)29)31-13-4-5-23(30)32-14-12-27-10-2-1-3-11-27/h6-9,15-16,29H,1-5,10-14H2. The molecule has 0 bridgehead atoms. The van der Waals surface area contributed by atoms with Gasteiger partial charge in [-0.25, -0.2) is 0 Å². The lowest BCUT2D eigenvalue weighted by molar-refractivity contribution is -0.144. The first-order valence-electron chi connectivity index (χ1n) is 11.0. The van der Waals surface area contributed by atoms with E-state index < -0.39 is 0 Å². The molecule has 1 saturated heterocycles. The summed E-state index contributed by atoms with van der Waals surface area (Å²) < 4.78 is 11.0. The van der Waals surface area contributed by atoms with E-state index >= 15 is 0 Å². The van der Waals surface area contributed by atoms with Gasteiger partial charge < -0.3 is 14.6 Å². The second-order valence-corrected chi connectivity index (χ2v) is 8.28. The monoisotopic (exact) mass is 458 g/mol. The molecule has 32 heavy (non-hydrogen) atoms. The van der Waals surface area contributed by atoms with Gasteiger partial charge in [0.1, 0.15) is 34.8 Å². The highest BCUT2D eigenvalue weighted by atomic mass is 35.5. The number of ether oxygens (including phenoxy) is 2. The molecule has 3 aromatic rings. The van der Waals surface area contributed by atoms with Crippen molar-refractivity contribution in [1.82, 2.24) is 19.9 Å². The Hall–Kier alpha value is -2.84. The molecule has 1 aliphatic rings. The number of carbonyl (C=O) groups excluding carboxylic acids is 1. The molecule has 2 heterocycles. The number of phenols is 1. The van der Waals surface area contributed by atoms with Crippen LogP contribution in [0.5, 0.6) is 11.5 Å². The molecule has 8 nitrogen and oxygen atoms in total. The van der Waals surface area contributed by atoms with Gasteiger partial charge in [0.15, 0.2) is 0 Å². The lowest BCUT2D eigenvalue weighted by Crippen LogP contribution is -2.33. The van der Waals surface area contributed by atoms with Crippen molar-refractivity contribution in [3.63, 3.8) is 0 Å². The van der Waals surface area contributed by atoms with Crippen molar-refractivity contribution < 1.29 is 19.4 Å². The van der Waals surface area contributed by atoms with Crippen LogP contribution in [-0.2, 0) is 9.53 Å². The van der Waals surface area contributed by atoms with Crippen LogP contribution in [0, 0.1) is 0 Å². The Balaban J connectivity index is 1.21. The number of likely N-dealkylation sites (tertiary alicyclic amines) is 1. The zero-order valence-electron chi connectivity index (χ0n) is 17.9. The highest BCUT2D eigenvalue weighted by Crippen LogP contribution is 2.27. The van der Waals surface area contributed by atoms with Gasteiger partial charge in [0, 0.05) is 24.1 Å². The molecule has 170 valence electrons. The van der Waals surface area contributed by atoms with Crippen molar-refractivity contribution in [2.24, 2.45) is 0 Å². The van der Waals surface area contributed by atoms with Crippen molar-refractivity contribution in [2.75, 3.05) is 32.8 Å². The van der Waals surface area contributed by atoms with Crippen LogP contribution in [-0.4, -0.2) is 63.8 Å². The number of aromatic nitrogens is 3. The number of piperidine rings is 1. The second-order valence-electron chi connectivity index (χ2n) is 7.85. The summed E-state index contributed by atoms with van der Waals surface area (Å²) in [6, 6.07) is 10.1. The summed E-state index contributed by atoms with van der Waals surface area (Å²) in [6.07, 6.45) is 4.59. The Kier molecular flexibility index (Phi) is 7.44. The van der Waals surface area contributed by atoms with Crippen LogP contribution in [0.3, 0.4) is 0 Å². The highest BCUT2D eigenvalue weighted by molar-refractivity contribution is 6.31. The molecular formula is C23H27ClN4O4. The van der Waals surface area contributed by atoms with Gasteiger partial charge in [-0.05, 0) is 62.7 Å². The molecule has 0 radical (unpaired) electrons. The number of hydrogen-bond donors (Lipinski definition) is 1. The van der Waals surface area contributed by atoms with Crippen molar-refractivity contribution >= 4 is 28.6 Å². The molecule has 1 aromatic heterocycles. The van der Waals surface area contributed by atoms with Crippen LogP contribution in [0.25, 0.3) is 16.7 Å². The minimum Gasteiger partial charge on any atom is -0.505 e. The Morgan fingerprint density at radius 2 is 1.84 bits per heavy atom. The van der Waals surface area contributed by atoms with Crippen molar-refractivity contribution in [3.8, 4) is 17.2 Å². The molecule has 9 heteroatoms. The minimum absolute atomic E-state index is 0.00831. The van der Waals surface area contributed by atoms with Crippen LogP contribution >= 0.6 is 11.6 Å². The zero-order chi connectivity index (χ0) is 22.3. The smallest absolute Gasteiger partial charge is 0.305 e. The molecule has 1 aliphatic heterocycles. The summed E-state index contributed by atoms with van der Waals surface area (Å²) in [5.74, 6) is 0.288. The van der Waals surface area contributed by atoms with E-state index in [-0.39, 0.29) is 11.7 Å². The molecule has 2 aromatic carbocycles. The summed E-state index contributed by atoms with van der Waals surface area (Å²) in [5.41, 5.74) is 1.75.